The number of carbonyl (C=O) groups is 3. The van der Waals surface area contributed by atoms with Crippen LogP contribution in [0.2, 0.25) is 0 Å². The summed E-state index contributed by atoms with van der Waals surface area (Å²) in [5, 5.41) is 0. The minimum atomic E-state index is -0.109. The lowest BCUT2D eigenvalue weighted by atomic mass is 9.67. The van der Waals surface area contributed by atoms with Crippen LogP contribution < -0.4 is 0 Å². The van der Waals surface area contributed by atoms with E-state index in [-0.39, 0.29) is 35.1 Å². The molecule has 0 radical (unpaired) electrons. The summed E-state index contributed by atoms with van der Waals surface area (Å²) < 4.78 is 0. The van der Waals surface area contributed by atoms with Crippen molar-refractivity contribution in [1.82, 2.24) is 0 Å². The Hall–Kier alpha value is -2.03. The molecule has 2 aliphatic carbocycles. The Morgan fingerprint density at radius 2 is 1.55 bits per heavy atom. The Morgan fingerprint density at radius 1 is 0.935 bits per heavy atom. The monoisotopic (exact) mass is 424 g/mol. The quantitative estimate of drug-likeness (QED) is 0.490. The smallest absolute Gasteiger partial charge is 0.169 e. The van der Waals surface area contributed by atoms with Gasteiger partial charge in [-0.2, -0.15) is 0 Å². The molecule has 0 bridgehead atoms. The molecule has 3 rings (SSSR count). The van der Waals surface area contributed by atoms with E-state index < -0.39 is 0 Å². The van der Waals surface area contributed by atoms with E-state index in [2.05, 4.69) is 26.8 Å². The number of Topliss-reactive ketones (excluding diaryl/α,β-unsaturated/α-hetero) is 3. The van der Waals surface area contributed by atoms with Crippen LogP contribution in [0.15, 0.2) is 23.3 Å². The van der Waals surface area contributed by atoms with E-state index >= 15 is 0 Å². The van der Waals surface area contributed by atoms with Crippen molar-refractivity contribution < 1.29 is 14.4 Å². The molecule has 0 saturated heterocycles. The molecule has 0 aromatic heterocycles. The van der Waals surface area contributed by atoms with E-state index in [1.807, 2.05) is 26.8 Å². The summed E-state index contributed by atoms with van der Waals surface area (Å²) in [7, 11) is 0. The molecule has 3 unspecified atom stereocenters. The second-order valence-electron chi connectivity index (χ2n) is 9.54. The minimum absolute atomic E-state index is 0.0216. The van der Waals surface area contributed by atoms with Gasteiger partial charge < -0.3 is 0 Å². The maximum absolute atomic E-state index is 12.9. The average molecular weight is 425 g/mol. The van der Waals surface area contributed by atoms with Gasteiger partial charge in [-0.3, -0.25) is 14.4 Å². The molecule has 3 nitrogen and oxygen atoms in total. The predicted molar refractivity (Wildman–Crippen MR) is 128 cm³/mol. The molecule has 0 fully saturated rings. The highest BCUT2D eigenvalue weighted by Crippen LogP contribution is 2.41. The lowest BCUT2D eigenvalue weighted by molar-refractivity contribution is -0.125. The summed E-state index contributed by atoms with van der Waals surface area (Å²) in [4.78, 5) is 37.6. The van der Waals surface area contributed by atoms with Crippen LogP contribution in [0.1, 0.15) is 100 Å². The van der Waals surface area contributed by atoms with Crippen LogP contribution in [0.25, 0.3) is 0 Å². The van der Waals surface area contributed by atoms with Gasteiger partial charge in [0, 0.05) is 17.9 Å². The molecule has 0 aliphatic heterocycles. The van der Waals surface area contributed by atoms with Crippen LogP contribution in [0.4, 0.5) is 0 Å². The molecule has 0 spiro atoms. The highest BCUT2D eigenvalue weighted by atomic mass is 16.1. The number of allylic oxidation sites excluding steroid dienone is 2. The predicted octanol–water partition coefficient (Wildman–Crippen LogP) is 6.77. The first-order chi connectivity index (χ1) is 14.7. The summed E-state index contributed by atoms with van der Waals surface area (Å²) in [6.07, 6.45) is 6.55. The Bertz CT molecular complexity index is 872. The fourth-order valence-corrected chi connectivity index (χ4v) is 5.33. The largest absolute Gasteiger partial charge is 0.294 e. The third-order valence-corrected chi connectivity index (χ3v) is 7.08. The molecule has 31 heavy (non-hydrogen) atoms. The summed E-state index contributed by atoms with van der Waals surface area (Å²) in [6.45, 7) is 13.9. The fourth-order valence-electron chi connectivity index (χ4n) is 5.33. The Morgan fingerprint density at radius 3 is 2.10 bits per heavy atom. The van der Waals surface area contributed by atoms with Gasteiger partial charge in [0.05, 0.1) is 5.57 Å². The lowest BCUT2D eigenvalue weighted by Crippen LogP contribution is -2.35. The van der Waals surface area contributed by atoms with Gasteiger partial charge >= 0.3 is 0 Å². The summed E-state index contributed by atoms with van der Waals surface area (Å²) in [6, 6.07) is 4.14. The zero-order valence-electron chi connectivity index (χ0n) is 20.6. The molecular weight excluding hydrogens is 384 g/mol. The highest BCUT2D eigenvalue weighted by Gasteiger charge is 2.38. The number of rotatable bonds is 5. The third kappa shape index (κ3) is 5.61. The van der Waals surface area contributed by atoms with Gasteiger partial charge in [0.2, 0.25) is 0 Å². The van der Waals surface area contributed by atoms with Crippen LogP contribution in [0.3, 0.4) is 0 Å². The number of carbonyl (C=O) groups excluding carboxylic acids is 3. The number of unbranched alkanes of at least 4 members (excludes halogenated alkanes) is 1. The number of aryl methyl sites for hydroxylation is 2. The van der Waals surface area contributed by atoms with Crippen molar-refractivity contribution in [3.8, 4) is 0 Å². The number of benzene rings is 1. The van der Waals surface area contributed by atoms with Gasteiger partial charge in [0.25, 0.3) is 0 Å². The van der Waals surface area contributed by atoms with Gasteiger partial charge in [0.15, 0.2) is 17.3 Å². The van der Waals surface area contributed by atoms with E-state index in [0.717, 1.165) is 42.4 Å². The average Bonchev–Trinajstić information content (AvgIpc) is 2.70. The summed E-state index contributed by atoms with van der Waals surface area (Å²) in [5.74, 6) is 0.576. The van der Waals surface area contributed by atoms with Gasteiger partial charge in [-0.1, -0.05) is 51.3 Å². The molecule has 0 saturated carbocycles. The van der Waals surface area contributed by atoms with Gasteiger partial charge in [-0.25, -0.2) is 0 Å². The van der Waals surface area contributed by atoms with Crippen LogP contribution in [-0.4, -0.2) is 17.3 Å². The van der Waals surface area contributed by atoms with Crippen LogP contribution in [0.5, 0.6) is 0 Å². The van der Waals surface area contributed by atoms with Crippen LogP contribution in [0, 0.1) is 31.6 Å². The second-order valence-corrected chi connectivity index (χ2v) is 9.54. The zero-order chi connectivity index (χ0) is 23.3. The van der Waals surface area contributed by atoms with Gasteiger partial charge in [0.1, 0.15) is 0 Å². The molecule has 170 valence electrons. The molecule has 0 N–H and O–H groups in total. The number of hydrogen-bond acceptors (Lipinski definition) is 3. The van der Waals surface area contributed by atoms with Crippen LogP contribution in [-0.2, 0) is 16.0 Å². The molecule has 3 atom stereocenters. The molecule has 1 aromatic rings. The normalized spacial score (nSPS) is 23.3. The SMILES string of the molecule is CCC1C(=O)C(C(C)=O)=C(C)CC1CC1CC(=O)c2c(C)ccc(C)c2C1.CCCC. The first kappa shape index (κ1) is 25.2. The van der Waals surface area contributed by atoms with E-state index in [1.54, 1.807) is 0 Å². The Balaban J connectivity index is 0.000000785. The second kappa shape index (κ2) is 11.0. The molecule has 0 amide bonds. The van der Waals surface area contributed by atoms with E-state index in [4.69, 9.17) is 0 Å². The van der Waals surface area contributed by atoms with Crippen molar-refractivity contribution in [2.24, 2.45) is 17.8 Å². The van der Waals surface area contributed by atoms with Crippen molar-refractivity contribution in [3.05, 3.63) is 45.5 Å². The summed E-state index contributed by atoms with van der Waals surface area (Å²) in [5.41, 5.74) is 5.74. The lowest BCUT2D eigenvalue weighted by Gasteiger charge is -2.35. The van der Waals surface area contributed by atoms with Crippen molar-refractivity contribution in [1.29, 1.82) is 0 Å². The molecule has 2 aliphatic rings. The van der Waals surface area contributed by atoms with Gasteiger partial charge in [-0.05, 0) is 81.9 Å². The maximum Gasteiger partial charge on any atom is 0.169 e. The molecule has 1 aromatic carbocycles. The fraction of sp³-hybridized carbons (Fsp3) is 0.607. The molecule has 3 heteroatoms. The van der Waals surface area contributed by atoms with Crippen molar-refractivity contribution >= 4 is 17.3 Å². The Kier molecular flexibility index (Phi) is 8.97. The minimum Gasteiger partial charge on any atom is -0.294 e. The van der Waals surface area contributed by atoms with E-state index in [1.165, 1.54) is 30.9 Å². The van der Waals surface area contributed by atoms with Crippen molar-refractivity contribution in [2.75, 3.05) is 0 Å². The zero-order valence-corrected chi connectivity index (χ0v) is 20.6. The first-order valence-electron chi connectivity index (χ1n) is 12.0. The topological polar surface area (TPSA) is 51.2 Å². The van der Waals surface area contributed by atoms with Crippen molar-refractivity contribution in [3.63, 3.8) is 0 Å². The standard InChI is InChI=1S/C24H30O3.C4H10/c1-6-19-18(9-15(4)22(16(5)25)24(19)27)10-17-11-20-13(2)7-8-14(3)23(20)21(26)12-17;1-3-4-2/h7-8,17-19H,6,9-12H2,1-5H3;3-4H2,1-2H3. The van der Waals surface area contributed by atoms with Crippen molar-refractivity contribution in [2.45, 2.75) is 93.4 Å². The highest BCUT2D eigenvalue weighted by molar-refractivity contribution is 6.21. The van der Waals surface area contributed by atoms with Crippen LogP contribution >= 0.6 is 0 Å². The Labute approximate surface area is 188 Å². The third-order valence-electron chi connectivity index (χ3n) is 7.08. The number of fused-ring (bicyclic) bond motifs is 1. The number of ketones is 3. The van der Waals surface area contributed by atoms with Gasteiger partial charge in [-0.15, -0.1) is 0 Å². The maximum atomic E-state index is 12.9. The first-order valence-corrected chi connectivity index (χ1v) is 12.0. The van der Waals surface area contributed by atoms with E-state index in [9.17, 15) is 14.4 Å². The summed E-state index contributed by atoms with van der Waals surface area (Å²) >= 11 is 0. The molecular formula is C28H40O3. The molecule has 0 heterocycles. The number of hydrogen-bond donors (Lipinski definition) is 0. The van der Waals surface area contributed by atoms with E-state index in [0.29, 0.717) is 12.0 Å².